The van der Waals surface area contributed by atoms with Crippen LogP contribution in [0.1, 0.15) is 162 Å². The Bertz CT molecular complexity index is 284. The number of unbranched alkanes of at least 4 members (excludes halogenated alkanes) is 19. The summed E-state index contributed by atoms with van der Waals surface area (Å²) in [7, 11) is 0. The minimum Gasteiger partial charge on any atom is -0.300 e. The number of hydrogen-bond donors (Lipinski definition) is 0. The summed E-state index contributed by atoms with van der Waals surface area (Å²) in [4.78, 5) is 11.9. The Morgan fingerprint density at radius 2 is 0.593 bits per heavy atom. The first kappa shape index (κ1) is 26.7. The monoisotopic (exact) mass is 380 g/mol. The van der Waals surface area contributed by atoms with Crippen molar-refractivity contribution in [2.24, 2.45) is 0 Å². The molecule has 0 unspecified atom stereocenters. The van der Waals surface area contributed by atoms with Gasteiger partial charge in [0.1, 0.15) is 5.78 Å². The van der Waals surface area contributed by atoms with Crippen LogP contribution in [0.5, 0.6) is 0 Å². The van der Waals surface area contributed by atoms with Gasteiger partial charge in [0.2, 0.25) is 0 Å². The molecular formula is C26H52O. The highest BCUT2D eigenvalue weighted by molar-refractivity contribution is 5.78. The third kappa shape index (κ3) is 23.6. The van der Waals surface area contributed by atoms with Crippen LogP contribution in [0, 0.1) is 0 Å². The van der Waals surface area contributed by atoms with Crippen molar-refractivity contribution in [2.75, 3.05) is 0 Å². The van der Waals surface area contributed by atoms with Crippen molar-refractivity contribution in [3.63, 3.8) is 0 Å². The molecule has 0 bridgehead atoms. The SMILES string of the molecule is CCCCCCCCCCCCCCCCC(=O)CCCCCCCCC. The fourth-order valence-electron chi connectivity index (χ4n) is 3.92. The van der Waals surface area contributed by atoms with Gasteiger partial charge in [0, 0.05) is 12.8 Å². The molecule has 0 atom stereocenters. The van der Waals surface area contributed by atoms with E-state index in [9.17, 15) is 4.79 Å². The third-order valence-electron chi connectivity index (χ3n) is 5.87. The van der Waals surface area contributed by atoms with E-state index < -0.39 is 0 Å². The number of carbonyl (C=O) groups is 1. The lowest BCUT2D eigenvalue weighted by Gasteiger charge is -2.04. The van der Waals surface area contributed by atoms with E-state index in [0.29, 0.717) is 5.78 Å². The molecule has 0 saturated carbocycles. The van der Waals surface area contributed by atoms with E-state index in [4.69, 9.17) is 0 Å². The fourth-order valence-corrected chi connectivity index (χ4v) is 3.92. The molecule has 0 spiro atoms. The van der Waals surface area contributed by atoms with Crippen molar-refractivity contribution < 1.29 is 4.79 Å². The predicted molar refractivity (Wildman–Crippen MR) is 123 cm³/mol. The van der Waals surface area contributed by atoms with Gasteiger partial charge < -0.3 is 0 Å². The Hall–Kier alpha value is -0.330. The second-order valence-corrected chi connectivity index (χ2v) is 8.76. The Kier molecular flexibility index (Phi) is 23.4. The van der Waals surface area contributed by atoms with Crippen LogP contribution in [-0.2, 0) is 4.79 Å². The zero-order chi connectivity index (χ0) is 19.8. The molecule has 0 saturated heterocycles. The molecule has 0 heterocycles. The molecule has 0 aromatic heterocycles. The molecule has 0 aliphatic heterocycles. The summed E-state index contributed by atoms with van der Waals surface area (Å²) in [6, 6.07) is 0. The molecule has 0 N–H and O–H groups in total. The van der Waals surface area contributed by atoms with E-state index in [1.807, 2.05) is 0 Å². The van der Waals surface area contributed by atoms with Crippen molar-refractivity contribution in [3.8, 4) is 0 Å². The average molecular weight is 381 g/mol. The number of carbonyl (C=O) groups excluding carboxylic acids is 1. The summed E-state index contributed by atoms with van der Waals surface area (Å²) >= 11 is 0. The van der Waals surface area contributed by atoms with Crippen molar-refractivity contribution in [1.82, 2.24) is 0 Å². The molecule has 0 aromatic rings. The van der Waals surface area contributed by atoms with Crippen LogP contribution in [0.3, 0.4) is 0 Å². The summed E-state index contributed by atoms with van der Waals surface area (Å²) in [5.41, 5.74) is 0. The molecule has 0 radical (unpaired) electrons. The second kappa shape index (κ2) is 23.7. The first-order valence-electron chi connectivity index (χ1n) is 12.8. The highest BCUT2D eigenvalue weighted by atomic mass is 16.1. The molecule has 0 amide bonds. The van der Waals surface area contributed by atoms with Crippen LogP contribution in [0.15, 0.2) is 0 Å². The van der Waals surface area contributed by atoms with Crippen LogP contribution >= 0.6 is 0 Å². The van der Waals surface area contributed by atoms with E-state index in [0.717, 1.165) is 25.7 Å². The van der Waals surface area contributed by atoms with Crippen LogP contribution in [0.25, 0.3) is 0 Å². The second-order valence-electron chi connectivity index (χ2n) is 8.76. The summed E-state index contributed by atoms with van der Waals surface area (Å²) < 4.78 is 0. The average Bonchev–Trinajstić information content (AvgIpc) is 2.67. The Morgan fingerprint density at radius 3 is 0.852 bits per heavy atom. The van der Waals surface area contributed by atoms with Crippen molar-refractivity contribution in [2.45, 2.75) is 162 Å². The Morgan fingerprint density at radius 1 is 0.370 bits per heavy atom. The molecule has 0 aliphatic rings. The fraction of sp³-hybridized carbons (Fsp3) is 0.962. The van der Waals surface area contributed by atoms with E-state index in [1.54, 1.807) is 0 Å². The number of rotatable bonds is 23. The molecule has 0 fully saturated rings. The summed E-state index contributed by atoms with van der Waals surface area (Å²) in [5.74, 6) is 0.516. The highest BCUT2D eigenvalue weighted by Gasteiger charge is 2.02. The molecule has 0 aromatic carbocycles. The predicted octanol–water partition coefficient (Wildman–Crippen LogP) is 9.57. The first-order chi connectivity index (χ1) is 13.3. The maximum Gasteiger partial charge on any atom is 0.132 e. The minimum atomic E-state index is 0.516. The molecule has 1 heteroatoms. The minimum absolute atomic E-state index is 0.516. The Balaban J connectivity index is 3.11. The summed E-state index contributed by atoms with van der Waals surface area (Å²) in [6.45, 7) is 4.55. The van der Waals surface area contributed by atoms with Crippen LogP contribution in [-0.4, -0.2) is 5.78 Å². The largest absolute Gasteiger partial charge is 0.300 e. The van der Waals surface area contributed by atoms with E-state index in [1.165, 1.54) is 122 Å². The lowest BCUT2D eigenvalue weighted by molar-refractivity contribution is -0.119. The maximum absolute atomic E-state index is 11.9. The van der Waals surface area contributed by atoms with Crippen LogP contribution < -0.4 is 0 Å². The zero-order valence-corrected chi connectivity index (χ0v) is 19.2. The van der Waals surface area contributed by atoms with Gasteiger partial charge in [-0.05, 0) is 12.8 Å². The van der Waals surface area contributed by atoms with Gasteiger partial charge in [-0.1, -0.05) is 136 Å². The van der Waals surface area contributed by atoms with E-state index in [-0.39, 0.29) is 0 Å². The molecule has 1 nitrogen and oxygen atoms in total. The third-order valence-corrected chi connectivity index (χ3v) is 5.87. The normalized spacial score (nSPS) is 11.2. The van der Waals surface area contributed by atoms with Crippen molar-refractivity contribution in [3.05, 3.63) is 0 Å². The van der Waals surface area contributed by atoms with E-state index in [2.05, 4.69) is 13.8 Å². The zero-order valence-electron chi connectivity index (χ0n) is 19.2. The van der Waals surface area contributed by atoms with Crippen molar-refractivity contribution in [1.29, 1.82) is 0 Å². The first-order valence-corrected chi connectivity index (χ1v) is 12.8. The highest BCUT2D eigenvalue weighted by Crippen LogP contribution is 2.14. The maximum atomic E-state index is 11.9. The topological polar surface area (TPSA) is 17.1 Å². The smallest absolute Gasteiger partial charge is 0.132 e. The van der Waals surface area contributed by atoms with Gasteiger partial charge in [0.05, 0.1) is 0 Å². The molecule has 0 rings (SSSR count). The van der Waals surface area contributed by atoms with Gasteiger partial charge in [-0.25, -0.2) is 0 Å². The van der Waals surface area contributed by atoms with Gasteiger partial charge >= 0.3 is 0 Å². The standard InChI is InChI=1S/C26H52O/c1-3-5-7-9-11-12-13-14-15-16-17-19-21-23-25-26(27)24-22-20-18-10-8-6-4-2/h3-25H2,1-2H3. The van der Waals surface area contributed by atoms with Crippen LogP contribution in [0.2, 0.25) is 0 Å². The van der Waals surface area contributed by atoms with Crippen molar-refractivity contribution >= 4 is 5.78 Å². The Labute approximate surface area is 172 Å². The number of Topliss-reactive ketones (excluding diaryl/α,β-unsaturated/α-hetero) is 1. The molecule has 0 aliphatic carbocycles. The summed E-state index contributed by atoms with van der Waals surface area (Å²) in [5, 5.41) is 0. The van der Waals surface area contributed by atoms with Crippen LogP contribution in [0.4, 0.5) is 0 Å². The van der Waals surface area contributed by atoms with Gasteiger partial charge in [-0.2, -0.15) is 0 Å². The molecular weight excluding hydrogens is 328 g/mol. The molecule has 162 valence electrons. The number of ketones is 1. The van der Waals surface area contributed by atoms with Gasteiger partial charge in [-0.15, -0.1) is 0 Å². The van der Waals surface area contributed by atoms with Gasteiger partial charge in [0.15, 0.2) is 0 Å². The molecule has 27 heavy (non-hydrogen) atoms. The lowest BCUT2D eigenvalue weighted by Crippen LogP contribution is -1.97. The van der Waals surface area contributed by atoms with Gasteiger partial charge in [0.25, 0.3) is 0 Å². The quantitative estimate of drug-likeness (QED) is 0.161. The number of hydrogen-bond acceptors (Lipinski definition) is 1. The summed E-state index contributed by atoms with van der Waals surface area (Å²) in [6.07, 6.45) is 30.2. The van der Waals surface area contributed by atoms with Gasteiger partial charge in [-0.3, -0.25) is 4.79 Å². The van der Waals surface area contributed by atoms with E-state index >= 15 is 0 Å². The lowest BCUT2D eigenvalue weighted by atomic mass is 10.0.